The van der Waals surface area contributed by atoms with Crippen molar-refractivity contribution in [2.24, 2.45) is 0 Å². The highest BCUT2D eigenvalue weighted by Gasteiger charge is 2.22. The Bertz CT molecular complexity index is 1170. The molecule has 0 amide bonds. The predicted molar refractivity (Wildman–Crippen MR) is 106 cm³/mol. The van der Waals surface area contributed by atoms with Crippen LogP contribution in [0.4, 0.5) is 0 Å². The topological polar surface area (TPSA) is 94.7 Å². The van der Waals surface area contributed by atoms with Gasteiger partial charge in [0.15, 0.2) is 6.10 Å². The number of rotatable bonds is 5. The Morgan fingerprint density at radius 1 is 1.03 bits per heavy atom. The molecule has 1 N–H and O–H groups in total. The van der Waals surface area contributed by atoms with Gasteiger partial charge in [0.2, 0.25) is 5.89 Å². The fraction of sp³-hybridized carbons (Fsp3) is 0.136. The lowest BCUT2D eigenvalue weighted by Gasteiger charge is -2.11. The minimum absolute atomic E-state index is 0.0745. The lowest BCUT2D eigenvalue weighted by atomic mass is 10.1. The first kappa shape index (κ1) is 18.5. The summed E-state index contributed by atoms with van der Waals surface area (Å²) < 4.78 is 16.2. The second-order valence-electron chi connectivity index (χ2n) is 6.40. The first-order valence-corrected chi connectivity index (χ1v) is 8.96. The number of fused-ring (bicyclic) bond motifs is 1. The zero-order valence-electron chi connectivity index (χ0n) is 15.8. The van der Waals surface area contributed by atoms with Crippen LogP contribution in [0.3, 0.4) is 0 Å². The van der Waals surface area contributed by atoms with Crippen molar-refractivity contribution in [3.05, 3.63) is 72.1 Å². The van der Waals surface area contributed by atoms with Crippen LogP contribution < -0.4 is 4.74 Å². The van der Waals surface area contributed by atoms with E-state index in [2.05, 4.69) is 10.2 Å². The number of hydrogen-bond donors (Lipinski definition) is 1. The van der Waals surface area contributed by atoms with Gasteiger partial charge >= 0.3 is 5.97 Å². The molecule has 146 valence electrons. The first-order chi connectivity index (χ1) is 14.1. The lowest BCUT2D eigenvalue weighted by molar-refractivity contribution is 0.0277. The molecule has 0 unspecified atom stereocenters. The normalized spacial score (nSPS) is 11.9. The Hall–Kier alpha value is -3.87. The number of carbonyl (C=O) groups is 1. The number of phenolic OH excluding ortho intramolecular Hbond substituents is 1. The number of esters is 1. The Kier molecular flexibility index (Phi) is 4.87. The van der Waals surface area contributed by atoms with E-state index in [1.54, 1.807) is 56.5 Å². The molecule has 3 aromatic carbocycles. The fourth-order valence-electron chi connectivity index (χ4n) is 2.94. The minimum atomic E-state index is -0.784. The van der Waals surface area contributed by atoms with E-state index in [1.807, 2.05) is 12.1 Å². The fourth-order valence-corrected chi connectivity index (χ4v) is 2.94. The highest BCUT2D eigenvalue weighted by molar-refractivity contribution is 6.01. The summed E-state index contributed by atoms with van der Waals surface area (Å²) in [5, 5.41) is 19.8. The Labute approximate surface area is 166 Å². The number of methoxy groups -OCH3 is 1. The number of nitrogens with zero attached hydrogens (tertiary/aromatic N) is 2. The van der Waals surface area contributed by atoms with Crippen LogP contribution in [-0.4, -0.2) is 28.4 Å². The summed E-state index contributed by atoms with van der Waals surface area (Å²) in [6, 6.07) is 17.7. The highest BCUT2D eigenvalue weighted by atomic mass is 16.6. The van der Waals surface area contributed by atoms with Crippen LogP contribution in [-0.2, 0) is 4.74 Å². The first-order valence-electron chi connectivity index (χ1n) is 8.96. The van der Waals surface area contributed by atoms with Gasteiger partial charge in [0.1, 0.15) is 17.1 Å². The molecule has 0 saturated carbocycles. The van der Waals surface area contributed by atoms with Crippen molar-refractivity contribution < 1.29 is 23.8 Å². The summed E-state index contributed by atoms with van der Waals surface area (Å²) in [4.78, 5) is 12.6. The van der Waals surface area contributed by atoms with Crippen molar-refractivity contribution >= 4 is 16.7 Å². The molecule has 0 aliphatic carbocycles. The second kappa shape index (κ2) is 7.63. The summed E-state index contributed by atoms with van der Waals surface area (Å²) in [7, 11) is 1.59. The van der Waals surface area contributed by atoms with E-state index < -0.39 is 12.1 Å². The number of ether oxygens (including phenoxy) is 2. The van der Waals surface area contributed by atoms with E-state index in [-0.39, 0.29) is 17.2 Å². The van der Waals surface area contributed by atoms with Gasteiger partial charge in [-0.3, -0.25) is 0 Å². The van der Waals surface area contributed by atoms with E-state index in [4.69, 9.17) is 13.9 Å². The van der Waals surface area contributed by atoms with Gasteiger partial charge in [-0.05, 0) is 42.6 Å². The summed E-state index contributed by atoms with van der Waals surface area (Å²) >= 11 is 0. The van der Waals surface area contributed by atoms with Crippen LogP contribution >= 0.6 is 0 Å². The SMILES string of the molecule is COc1ccc(-c2nnc([C@H](C)OC(=O)c3ccc4ccccc4c3O)o2)cc1. The summed E-state index contributed by atoms with van der Waals surface area (Å²) in [5.41, 5.74) is 0.792. The maximum absolute atomic E-state index is 12.6. The molecular weight excluding hydrogens is 372 g/mol. The predicted octanol–water partition coefficient (Wildman–Crippen LogP) is 4.52. The maximum Gasteiger partial charge on any atom is 0.342 e. The standard InChI is InChI=1S/C22H18N2O5/c1-13(20-23-24-21(29-20)15-7-10-16(27-2)11-8-15)28-22(26)18-12-9-14-5-3-4-6-17(14)19(18)25/h3-13,25H,1-2H3/t13-/m0/s1. The highest BCUT2D eigenvalue weighted by Crippen LogP contribution is 2.31. The molecule has 0 saturated heterocycles. The smallest absolute Gasteiger partial charge is 0.342 e. The molecule has 4 aromatic rings. The van der Waals surface area contributed by atoms with Gasteiger partial charge in [-0.1, -0.05) is 30.3 Å². The molecule has 0 spiro atoms. The van der Waals surface area contributed by atoms with Gasteiger partial charge in [0.05, 0.1) is 7.11 Å². The molecule has 29 heavy (non-hydrogen) atoms. The number of carbonyl (C=O) groups excluding carboxylic acids is 1. The molecule has 0 aliphatic rings. The van der Waals surface area contributed by atoms with Gasteiger partial charge in [-0.2, -0.15) is 0 Å². The quantitative estimate of drug-likeness (QED) is 0.501. The Morgan fingerprint density at radius 3 is 2.55 bits per heavy atom. The number of phenols is 1. The van der Waals surface area contributed by atoms with Crippen LogP contribution in [0, 0.1) is 0 Å². The van der Waals surface area contributed by atoms with Crippen LogP contribution in [0.1, 0.15) is 29.3 Å². The van der Waals surface area contributed by atoms with Crippen LogP contribution in [0.25, 0.3) is 22.2 Å². The molecule has 1 atom stereocenters. The molecule has 1 heterocycles. The van der Waals surface area contributed by atoms with Crippen molar-refractivity contribution in [2.45, 2.75) is 13.0 Å². The van der Waals surface area contributed by atoms with E-state index >= 15 is 0 Å². The summed E-state index contributed by atoms with van der Waals surface area (Å²) in [6.07, 6.45) is -0.784. The van der Waals surface area contributed by atoms with Gasteiger partial charge in [0, 0.05) is 10.9 Å². The molecule has 0 radical (unpaired) electrons. The Balaban J connectivity index is 1.52. The van der Waals surface area contributed by atoms with Gasteiger partial charge < -0.3 is 19.0 Å². The van der Waals surface area contributed by atoms with Crippen molar-refractivity contribution in [3.63, 3.8) is 0 Å². The third-order valence-electron chi connectivity index (χ3n) is 4.53. The average Bonchev–Trinajstić information content (AvgIpc) is 3.24. The van der Waals surface area contributed by atoms with E-state index in [1.165, 1.54) is 6.07 Å². The molecule has 4 rings (SSSR count). The average molecular weight is 390 g/mol. The molecular formula is C22H18N2O5. The van der Waals surface area contributed by atoms with Crippen LogP contribution in [0.2, 0.25) is 0 Å². The maximum atomic E-state index is 12.6. The molecule has 0 bridgehead atoms. The third-order valence-corrected chi connectivity index (χ3v) is 4.53. The number of benzene rings is 3. The zero-order chi connectivity index (χ0) is 20.4. The van der Waals surface area contributed by atoms with Crippen molar-refractivity contribution in [2.75, 3.05) is 7.11 Å². The third kappa shape index (κ3) is 3.62. The van der Waals surface area contributed by atoms with E-state index in [0.29, 0.717) is 17.0 Å². The summed E-state index contributed by atoms with van der Waals surface area (Å²) in [5.74, 6) is 0.379. The van der Waals surface area contributed by atoms with Gasteiger partial charge in [-0.15, -0.1) is 10.2 Å². The number of hydrogen-bond acceptors (Lipinski definition) is 7. The number of aromatic nitrogens is 2. The Morgan fingerprint density at radius 2 is 1.79 bits per heavy atom. The van der Waals surface area contributed by atoms with Crippen molar-refractivity contribution in [1.29, 1.82) is 0 Å². The largest absolute Gasteiger partial charge is 0.506 e. The van der Waals surface area contributed by atoms with Crippen molar-refractivity contribution in [3.8, 4) is 23.0 Å². The molecule has 7 nitrogen and oxygen atoms in total. The zero-order valence-corrected chi connectivity index (χ0v) is 15.8. The van der Waals surface area contributed by atoms with Crippen LogP contribution in [0.15, 0.2) is 65.1 Å². The van der Waals surface area contributed by atoms with E-state index in [0.717, 1.165) is 10.9 Å². The summed E-state index contributed by atoms with van der Waals surface area (Å²) in [6.45, 7) is 1.63. The monoisotopic (exact) mass is 390 g/mol. The number of aromatic hydroxyl groups is 1. The minimum Gasteiger partial charge on any atom is -0.506 e. The molecule has 0 aliphatic heterocycles. The second-order valence-corrected chi connectivity index (χ2v) is 6.40. The van der Waals surface area contributed by atoms with Gasteiger partial charge in [-0.25, -0.2) is 4.79 Å². The molecule has 0 fully saturated rings. The van der Waals surface area contributed by atoms with E-state index in [9.17, 15) is 9.90 Å². The molecule has 7 heteroatoms. The van der Waals surface area contributed by atoms with Crippen molar-refractivity contribution in [1.82, 2.24) is 10.2 Å². The lowest BCUT2D eigenvalue weighted by Crippen LogP contribution is -2.10. The molecule has 1 aromatic heterocycles. The van der Waals surface area contributed by atoms with Crippen LogP contribution in [0.5, 0.6) is 11.5 Å². The van der Waals surface area contributed by atoms with Gasteiger partial charge in [0.25, 0.3) is 5.89 Å².